The SMILES string of the molecule is C=C(C)C(=O)O.OCC1CCCCN1. The number of carboxylic acid groups (broad SMARTS) is 1. The fraction of sp³-hybridized carbons (Fsp3) is 0.700. The van der Waals surface area contributed by atoms with Gasteiger partial charge in [-0.15, -0.1) is 0 Å². The summed E-state index contributed by atoms with van der Waals surface area (Å²) >= 11 is 0. The summed E-state index contributed by atoms with van der Waals surface area (Å²) in [6.45, 7) is 6.00. The molecule has 0 aromatic heterocycles. The molecule has 0 aromatic rings. The number of hydrogen-bond donors (Lipinski definition) is 3. The first-order valence-electron chi connectivity index (χ1n) is 4.81. The summed E-state index contributed by atoms with van der Waals surface area (Å²) in [5, 5.41) is 19.7. The normalized spacial score (nSPS) is 20.6. The summed E-state index contributed by atoms with van der Waals surface area (Å²) < 4.78 is 0. The molecule has 82 valence electrons. The van der Waals surface area contributed by atoms with Crippen LogP contribution in [-0.4, -0.2) is 35.4 Å². The predicted octanol–water partition coefficient (Wildman–Crippen LogP) is 0.768. The maximum absolute atomic E-state index is 9.60. The largest absolute Gasteiger partial charge is 0.478 e. The van der Waals surface area contributed by atoms with Gasteiger partial charge in [0, 0.05) is 11.6 Å². The Labute approximate surface area is 84.6 Å². The highest BCUT2D eigenvalue weighted by Crippen LogP contribution is 2.04. The van der Waals surface area contributed by atoms with Crippen LogP contribution >= 0.6 is 0 Å². The van der Waals surface area contributed by atoms with Crippen molar-refractivity contribution in [3.8, 4) is 0 Å². The van der Waals surface area contributed by atoms with E-state index in [0.717, 1.165) is 13.0 Å². The van der Waals surface area contributed by atoms with Crippen LogP contribution in [0.3, 0.4) is 0 Å². The van der Waals surface area contributed by atoms with Crippen molar-refractivity contribution in [3.63, 3.8) is 0 Å². The van der Waals surface area contributed by atoms with E-state index in [1.165, 1.54) is 19.8 Å². The predicted molar refractivity (Wildman–Crippen MR) is 55.2 cm³/mol. The third-order valence-corrected chi connectivity index (χ3v) is 2.00. The van der Waals surface area contributed by atoms with Crippen molar-refractivity contribution >= 4 is 5.97 Å². The smallest absolute Gasteiger partial charge is 0.330 e. The van der Waals surface area contributed by atoms with Crippen LogP contribution < -0.4 is 5.32 Å². The van der Waals surface area contributed by atoms with Crippen LogP contribution in [0.1, 0.15) is 26.2 Å². The maximum atomic E-state index is 9.60. The molecule has 0 spiro atoms. The van der Waals surface area contributed by atoms with Crippen LogP contribution in [-0.2, 0) is 4.79 Å². The van der Waals surface area contributed by atoms with Crippen LogP contribution in [0, 0.1) is 0 Å². The fourth-order valence-corrected chi connectivity index (χ4v) is 1.08. The highest BCUT2D eigenvalue weighted by atomic mass is 16.4. The minimum absolute atomic E-state index is 0.176. The van der Waals surface area contributed by atoms with Gasteiger partial charge in [0.1, 0.15) is 0 Å². The van der Waals surface area contributed by atoms with E-state index in [4.69, 9.17) is 10.2 Å². The number of piperidine rings is 1. The number of carboxylic acids is 1. The van der Waals surface area contributed by atoms with Crippen LogP contribution in [0.15, 0.2) is 12.2 Å². The van der Waals surface area contributed by atoms with Crippen molar-refractivity contribution in [2.45, 2.75) is 32.2 Å². The molecular formula is C10H19NO3. The first kappa shape index (κ1) is 13.1. The molecule has 0 amide bonds. The second-order valence-electron chi connectivity index (χ2n) is 3.41. The maximum Gasteiger partial charge on any atom is 0.330 e. The average Bonchev–Trinajstić information content (AvgIpc) is 2.20. The monoisotopic (exact) mass is 201 g/mol. The van der Waals surface area contributed by atoms with Crippen molar-refractivity contribution in [1.29, 1.82) is 0 Å². The standard InChI is InChI=1S/C6H13NO.C4H6O2/c8-5-6-3-1-2-4-7-6;1-3(2)4(5)6/h6-8H,1-5H2;1H2,2H3,(H,5,6). The molecule has 1 heterocycles. The molecule has 0 saturated carbocycles. The van der Waals surface area contributed by atoms with Gasteiger partial charge in [-0.1, -0.05) is 13.0 Å². The molecule has 0 bridgehead atoms. The lowest BCUT2D eigenvalue weighted by Gasteiger charge is -2.20. The molecule has 1 aliphatic heterocycles. The van der Waals surface area contributed by atoms with Gasteiger partial charge in [-0.2, -0.15) is 0 Å². The van der Waals surface area contributed by atoms with Crippen LogP contribution in [0.2, 0.25) is 0 Å². The molecule has 0 aliphatic carbocycles. The minimum Gasteiger partial charge on any atom is -0.478 e. The number of rotatable bonds is 2. The number of hydrogen-bond acceptors (Lipinski definition) is 3. The number of aliphatic hydroxyl groups excluding tert-OH is 1. The van der Waals surface area contributed by atoms with Gasteiger partial charge in [0.2, 0.25) is 0 Å². The van der Waals surface area contributed by atoms with E-state index in [9.17, 15) is 4.79 Å². The van der Waals surface area contributed by atoms with Crippen molar-refractivity contribution in [2.75, 3.05) is 13.2 Å². The van der Waals surface area contributed by atoms with E-state index in [-0.39, 0.29) is 5.57 Å². The van der Waals surface area contributed by atoms with Crippen molar-refractivity contribution in [1.82, 2.24) is 5.32 Å². The second kappa shape index (κ2) is 7.53. The van der Waals surface area contributed by atoms with Crippen LogP contribution in [0.4, 0.5) is 0 Å². The molecular weight excluding hydrogens is 182 g/mol. The first-order valence-corrected chi connectivity index (χ1v) is 4.81. The Hall–Kier alpha value is -0.870. The van der Waals surface area contributed by atoms with Crippen molar-refractivity contribution < 1.29 is 15.0 Å². The Morgan fingerprint density at radius 1 is 1.57 bits per heavy atom. The Morgan fingerprint density at radius 2 is 2.14 bits per heavy atom. The fourth-order valence-electron chi connectivity index (χ4n) is 1.08. The number of aliphatic carboxylic acids is 1. The number of carbonyl (C=O) groups is 1. The van der Waals surface area contributed by atoms with E-state index in [1.807, 2.05) is 0 Å². The number of nitrogens with one attached hydrogen (secondary N) is 1. The third-order valence-electron chi connectivity index (χ3n) is 2.00. The molecule has 1 saturated heterocycles. The van der Waals surface area contributed by atoms with E-state index in [2.05, 4.69) is 11.9 Å². The van der Waals surface area contributed by atoms with E-state index in [0.29, 0.717) is 12.6 Å². The quantitative estimate of drug-likeness (QED) is 0.577. The van der Waals surface area contributed by atoms with Gasteiger partial charge in [0.15, 0.2) is 0 Å². The lowest BCUT2D eigenvalue weighted by Crippen LogP contribution is -2.36. The third kappa shape index (κ3) is 6.62. The Balaban J connectivity index is 0.000000255. The Kier molecular flexibility index (Phi) is 7.06. The number of aliphatic hydroxyl groups is 1. The molecule has 0 aromatic carbocycles. The zero-order chi connectivity index (χ0) is 11.0. The van der Waals surface area contributed by atoms with E-state index in [1.54, 1.807) is 0 Å². The zero-order valence-corrected chi connectivity index (χ0v) is 8.62. The van der Waals surface area contributed by atoms with Gasteiger partial charge in [-0.25, -0.2) is 4.79 Å². The van der Waals surface area contributed by atoms with Gasteiger partial charge in [0.05, 0.1) is 6.61 Å². The van der Waals surface area contributed by atoms with E-state index < -0.39 is 5.97 Å². The summed E-state index contributed by atoms with van der Waals surface area (Å²) in [4.78, 5) is 9.60. The molecule has 1 rings (SSSR count). The highest BCUT2D eigenvalue weighted by Gasteiger charge is 2.09. The molecule has 1 atom stereocenters. The lowest BCUT2D eigenvalue weighted by atomic mass is 10.1. The van der Waals surface area contributed by atoms with Gasteiger partial charge in [0.25, 0.3) is 0 Å². The molecule has 4 heteroatoms. The summed E-state index contributed by atoms with van der Waals surface area (Å²) in [5.41, 5.74) is 0.176. The van der Waals surface area contributed by atoms with Crippen LogP contribution in [0.5, 0.6) is 0 Å². The summed E-state index contributed by atoms with van der Waals surface area (Å²) in [7, 11) is 0. The van der Waals surface area contributed by atoms with Gasteiger partial charge < -0.3 is 15.5 Å². The summed E-state index contributed by atoms with van der Waals surface area (Å²) in [6.07, 6.45) is 3.70. The molecule has 14 heavy (non-hydrogen) atoms. The Morgan fingerprint density at radius 3 is 2.36 bits per heavy atom. The topological polar surface area (TPSA) is 69.6 Å². The molecule has 4 nitrogen and oxygen atoms in total. The van der Waals surface area contributed by atoms with Crippen molar-refractivity contribution in [2.24, 2.45) is 0 Å². The minimum atomic E-state index is -0.935. The van der Waals surface area contributed by atoms with Gasteiger partial charge in [-0.3, -0.25) is 0 Å². The molecule has 1 fully saturated rings. The molecule has 0 radical (unpaired) electrons. The second-order valence-corrected chi connectivity index (χ2v) is 3.41. The summed E-state index contributed by atoms with van der Waals surface area (Å²) in [5.74, 6) is -0.935. The lowest BCUT2D eigenvalue weighted by molar-refractivity contribution is -0.132. The average molecular weight is 201 g/mol. The molecule has 1 aliphatic rings. The van der Waals surface area contributed by atoms with Gasteiger partial charge >= 0.3 is 5.97 Å². The van der Waals surface area contributed by atoms with Crippen LogP contribution in [0.25, 0.3) is 0 Å². The van der Waals surface area contributed by atoms with E-state index >= 15 is 0 Å². The summed E-state index contributed by atoms with van der Waals surface area (Å²) in [6, 6.07) is 0.392. The highest BCUT2D eigenvalue weighted by molar-refractivity contribution is 5.84. The van der Waals surface area contributed by atoms with Crippen molar-refractivity contribution in [3.05, 3.63) is 12.2 Å². The first-order chi connectivity index (χ1) is 6.57. The Bertz CT molecular complexity index is 174. The zero-order valence-electron chi connectivity index (χ0n) is 8.62. The molecule has 3 N–H and O–H groups in total. The van der Waals surface area contributed by atoms with Gasteiger partial charge in [-0.05, 0) is 26.3 Å². The molecule has 1 unspecified atom stereocenters.